The van der Waals surface area contributed by atoms with Crippen LogP contribution in [0, 0.1) is 5.92 Å². The number of alkyl carbamates (subject to hydrolysis) is 1. The Morgan fingerprint density at radius 2 is 1.77 bits per heavy atom. The Balaban J connectivity index is 0.975. The Morgan fingerprint density at radius 1 is 0.962 bits per heavy atom. The van der Waals surface area contributed by atoms with E-state index in [0.717, 1.165) is 54.7 Å². The lowest BCUT2D eigenvalue weighted by Crippen LogP contribution is -2.52. The van der Waals surface area contributed by atoms with Gasteiger partial charge in [-0.3, -0.25) is 9.69 Å². The number of aromatic amines is 1. The first-order valence-corrected chi connectivity index (χ1v) is 17.7. The molecule has 0 saturated carbocycles. The van der Waals surface area contributed by atoms with Crippen LogP contribution in [0.5, 0.6) is 17.2 Å². The van der Waals surface area contributed by atoms with E-state index in [4.69, 9.17) is 14.2 Å². The Kier molecular flexibility index (Phi) is 10.7. The Hall–Kier alpha value is -5.36. The van der Waals surface area contributed by atoms with Crippen LogP contribution in [-0.4, -0.2) is 65.6 Å². The van der Waals surface area contributed by atoms with E-state index in [9.17, 15) is 19.8 Å². The molecular weight excluding hydrogens is 660 g/mol. The summed E-state index contributed by atoms with van der Waals surface area (Å²) in [6.07, 6.45) is 0.762. The van der Waals surface area contributed by atoms with Gasteiger partial charge >= 0.3 is 6.09 Å². The summed E-state index contributed by atoms with van der Waals surface area (Å²) in [6, 6.07) is 29.1. The van der Waals surface area contributed by atoms with Crippen molar-refractivity contribution in [1.82, 2.24) is 20.5 Å². The number of nitrogens with zero attached hydrogens (tertiary/aromatic N) is 1. The van der Waals surface area contributed by atoms with E-state index in [1.54, 1.807) is 19.2 Å². The van der Waals surface area contributed by atoms with Gasteiger partial charge in [0.1, 0.15) is 30.0 Å². The number of benzene rings is 4. The summed E-state index contributed by atoms with van der Waals surface area (Å²) in [4.78, 5) is 30.0. The van der Waals surface area contributed by atoms with Crippen molar-refractivity contribution in [2.24, 2.45) is 5.92 Å². The van der Waals surface area contributed by atoms with Crippen LogP contribution < -0.4 is 25.7 Å². The number of phenolic OH excluding ortho intramolecular Hbond substituents is 1. The predicted octanol–water partition coefficient (Wildman–Crippen LogP) is 5.55. The van der Waals surface area contributed by atoms with Gasteiger partial charge < -0.3 is 40.0 Å². The molecule has 3 saturated heterocycles. The third kappa shape index (κ3) is 8.07. The van der Waals surface area contributed by atoms with E-state index in [2.05, 4.69) is 20.5 Å². The summed E-state index contributed by atoms with van der Waals surface area (Å²) in [5, 5.41) is 28.1. The average Bonchev–Trinajstić information content (AvgIpc) is 3.17. The van der Waals surface area contributed by atoms with E-state index in [-0.39, 0.29) is 24.0 Å². The molecule has 0 spiro atoms. The summed E-state index contributed by atoms with van der Waals surface area (Å²) in [5.41, 5.74) is 4.20. The Bertz CT molecular complexity index is 2060. The van der Waals surface area contributed by atoms with Gasteiger partial charge in [-0.05, 0) is 84.4 Å². The zero-order valence-corrected chi connectivity index (χ0v) is 29.1. The number of amides is 1. The molecule has 0 aliphatic carbocycles. The van der Waals surface area contributed by atoms with Crippen LogP contribution in [0.4, 0.5) is 4.79 Å². The molecule has 4 aromatic carbocycles. The molecule has 3 atom stereocenters. The van der Waals surface area contributed by atoms with Crippen molar-refractivity contribution < 1.29 is 29.2 Å². The number of H-pyrrole nitrogens is 1. The number of carbonyl (C=O) groups excluding carboxylic acids is 1. The highest BCUT2D eigenvalue weighted by Gasteiger charge is 2.37. The number of ether oxygens (including phenoxy) is 3. The molecule has 3 aliphatic rings. The summed E-state index contributed by atoms with van der Waals surface area (Å²) in [5.74, 6) is 1.71. The van der Waals surface area contributed by atoms with Crippen LogP contribution >= 0.6 is 0 Å². The second kappa shape index (κ2) is 15.9. The third-order valence-corrected chi connectivity index (χ3v) is 10.1. The molecule has 5 N–H and O–H groups in total. The predicted molar refractivity (Wildman–Crippen MR) is 198 cm³/mol. The summed E-state index contributed by atoms with van der Waals surface area (Å²) >= 11 is 0. The second-order valence-corrected chi connectivity index (χ2v) is 13.5. The highest BCUT2D eigenvalue weighted by Crippen LogP contribution is 2.32. The van der Waals surface area contributed by atoms with Gasteiger partial charge in [0.2, 0.25) is 5.56 Å². The summed E-state index contributed by atoms with van der Waals surface area (Å²) in [6.45, 7) is 3.93. The maximum Gasteiger partial charge on any atom is 0.408 e. The molecule has 11 heteroatoms. The fraction of sp³-hybridized carbons (Fsp3) is 0.317. The lowest BCUT2D eigenvalue weighted by Gasteiger charge is -2.43. The average molecular weight is 705 g/mol. The van der Waals surface area contributed by atoms with Gasteiger partial charge in [-0.25, -0.2) is 4.79 Å². The number of fused-ring (bicyclic) bond motifs is 4. The molecule has 1 aromatic heterocycles. The SMILES string of the molecule is COc1cc(COc2cccc(C(NC(=O)OC3CN4CCC3CC4)c3ccccc3)c2)ccc1CNCC(O)c1ccc(O)c2[nH]c(=O)ccc12. The molecule has 3 aliphatic heterocycles. The molecule has 52 heavy (non-hydrogen) atoms. The van der Waals surface area contributed by atoms with Crippen molar-refractivity contribution in [3.05, 3.63) is 135 Å². The molecule has 1 amide bonds. The van der Waals surface area contributed by atoms with Gasteiger partial charge in [-0.15, -0.1) is 0 Å². The van der Waals surface area contributed by atoms with Gasteiger partial charge in [0.15, 0.2) is 0 Å². The number of aliphatic hydroxyl groups excluding tert-OH is 1. The molecular formula is C41H44N4O7. The quantitative estimate of drug-likeness (QED) is 0.107. The van der Waals surface area contributed by atoms with Gasteiger partial charge in [-0.1, -0.05) is 60.7 Å². The lowest BCUT2D eigenvalue weighted by molar-refractivity contribution is -0.0336. The second-order valence-electron chi connectivity index (χ2n) is 13.5. The molecule has 3 unspecified atom stereocenters. The number of nitrogens with one attached hydrogen (secondary N) is 3. The van der Waals surface area contributed by atoms with Gasteiger partial charge in [0.05, 0.1) is 24.8 Å². The number of pyridine rings is 1. The Labute approximate surface area is 302 Å². The first-order chi connectivity index (χ1) is 25.3. The van der Waals surface area contributed by atoms with E-state index >= 15 is 0 Å². The zero-order valence-electron chi connectivity index (χ0n) is 29.1. The van der Waals surface area contributed by atoms with Crippen molar-refractivity contribution in [2.45, 2.75) is 44.2 Å². The lowest BCUT2D eigenvalue weighted by atomic mass is 9.86. The zero-order chi connectivity index (χ0) is 36.0. The minimum atomic E-state index is -0.879. The number of piperidine rings is 3. The number of hydrogen-bond acceptors (Lipinski definition) is 9. The number of carbonyl (C=O) groups is 1. The number of hydrogen-bond donors (Lipinski definition) is 5. The topological polar surface area (TPSA) is 145 Å². The minimum absolute atomic E-state index is 0.0526. The van der Waals surface area contributed by atoms with Crippen molar-refractivity contribution in [2.75, 3.05) is 33.3 Å². The standard InChI is InChI=1S/C41H44N4O7/c1-50-36-20-26(10-11-30(36)22-42-23-35(47)32-12-14-34(46)40-33(32)13-15-38(48)43-40)25-51-31-9-5-8-29(21-31)39(28-6-3-2-4-7-28)44-41(49)52-37-24-45-18-16-27(37)17-19-45/h2-15,20-21,27,35,37,39,42,46-47H,16-19,22-25H2,1H3,(H,43,48)(H,44,49). The highest BCUT2D eigenvalue weighted by molar-refractivity contribution is 5.87. The number of rotatable bonds is 13. The molecule has 2 bridgehead atoms. The summed E-state index contributed by atoms with van der Waals surface area (Å²) < 4.78 is 17.9. The van der Waals surface area contributed by atoms with Gasteiger partial charge in [0, 0.05) is 36.7 Å². The number of methoxy groups -OCH3 is 1. The van der Waals surface area contributed by atoms with E-state index in [1.165, 1.54) is 12.1 Å². The van der Waals surface area contributed by atoms with E-state index in [1.807, 2.05) is 72.8 Å². The highest BCUT2D eigenvalue weighted by atomic mass is 16.6. The molecule has 8 rings (SSSR count). The van der Waals surface area contributed by atoms with Crippen molar-refractivity contribution in [3.8, 4) is 17.2 Å². The molecule has 0 radical (unpaired) electrons. The van der Waals surface area contributed by atoms with Crippen LogP contribution in [-0.2, 0) is 17.9 Å². The first kappa shape index (κ1) is 35.1. The maximum atomic E-state index is 13.2. The van der Waals surface area contributed by atoms with Crippen LogP contribution in [0.2, 0.25) is 0 Å². The van der Waals surface area contributed by atoms with Gasteiger partial charge in [0.25, 0.3) is 0 Å². The normalized spacial score (nSPS) is 19.2. The van der Waals surface area contributed by atoms with E-state index in [0.29, 0.717) is 47.0 Å². The minimum Gasteiger partial charge on any atom is -0.506 e. The molecule has 3 fully saturated rings. The molecule has 5 aromatic rings. The number of aromatic hydroxyl groups is 1. The van der Waals surface area contributed by atoms with Gasteiger partial charge in [-0.2, -0.15) is 0 Å². The Morgan fingerprint density at radius 3 is 2.54 bits per heavy atom. The first-order valence-electron chi connectivity index (χ1n) is 17.7. The summed E-state index contributed by atoms with van der Waals surface area (Å²) in [7, 11) is 1.61. The fourth-order valence-corrected chi connectivity index (χ4v) is 7.32. The van der Waals surface area contributed by atoms with Crippen LogP contribution in [0.15, 0.2) is 102 Å². The van der Waals surface area contributed by atoms with E-state index < -0.39 is 18.2 Å². The van der Waals surface area contributed by atoms with Crippen molar-refractivity contribution in [3.63, 3.8) is 0 Å². The maximum absolute atomic E-state index is 13.2. The van der Waals surface area contributed by atoms with Crippen LogP contribution in [0.3, 0.4) is 0 Å². The number of aromatic nitrogens is 1. The molecule has 11 nitrogen and oxygen atoms in total. The third-order valence-electron chi connectivity index (χ3n) is 10.1. The fourth-order valence-electron chi connectivity index (χ4n) is 7.32. The van der Waals surface area contributed by atoms with Crippen molar-refractivity contribution in [1.29, 1.82) is 0 Å². The molecule has 270 valence electrons. The smallest absolute Gasteiger partial charge is 0.408 e. The van der Waals surface area contributed by atoms with Crippen LogP contribution in [0.1, 0.15) is 52.8 Å². The number of phenols is 1. The largest absolute Gasteiger partial charge is 0.506 e. The molecule has 4 heterocycles. The van der Waals surface area contributed by atoms with Crippen LogP contribution in [0.25, 0.3) is 10.9 Å². The number of aliphatic hydroxyl groups is 1. The van der Waals surface area contributed by atoms with Crippen molar-refractivity contribution >= 4 is 17.0 Å². The monoisotopic (exact) mass is 704 g/mol.